The van der Waals surface area contributed by atoms with Gasteiger partial charge in [0.25, 0.3) is 5.78 Å². The van der Waals surface area contributed by atoms with Gasteiger partial charge in [0, 0.05) is 23.2 Å². The maximum atomic E-state index is 12.5. The molecule has 7 nitrogen and oxygen atoms in total. The molecule has 0 atom stereocenters. The third kappa shape index (κ3) is 3.55. The fraction of sp³-hybridized carbons (Fsp3) is 0.250. The minimum Gasteiger partial charge on any atom is -0.325 e. The number of aryl methyl sites for hydroxylation is 2. The Morgan fingerprint density at radius 1 is 1.21 bits per heavy atom. The van der Waals surface area contributed by atoms with Crippen LogP contribution in [-0.2, 0) is 11.2 Å². The normalized spacial score (nSPS) is 11.2. The molecule has 3 aromatic heterocycles. The first-order valence-corrected chi connectivity index (χ1v) is 10.2. The van der Waals surface area contributed by atoms with Gasteiger partial charge in [-0.3, -0.25) is 9.78 Å². The Balaban J connectivity index is 1.49. The van der Waals surface area contributed by atoms with Gasteiger partial charge < -0.3 is 5.32 Å². The summed E-state index contributed by atoms with van der Waals surface area (Å²) in [5, 5.41) is 9.07. The number of nitrogens with zero attached hydrogens (tertiary/aromatic N) is 5. The summed E-state index contributed by atoms with van der Waals surface area (Å²) in [7, 11) is 0. The Morgan fingerprint density at radius 3 is 2.86 bits per heavy atom. The van der Waals surface area contributed by atoms with Crippen LogP contribution < -0.4 is 5.32 Å². The average Bonchev–Trinajstić information content (AvgIpc) is 3.11. The zero-order valence-corrected chi connectivity index (χ0v) is 16.7. The summed E-state index contributed by atoms with van der Waals surface area (Å²) in [6, 6.07) is 9.76. The molecule has 28 heavy (non-hydrogen) atoms. The number of para-hydroxylation sites is 1. The van der Waals surface area contributed by atoms with Gasteiger partial charge in [0.2, 0.25) is 11.1 Å². The van der Waals surface area contributed by atoms with Gasteiger partial charge in [-0.15, -0.1) is 5.10 Å². The average molecular weight is 392 g/mol. The summed E-state index contributed by atoms with van der Waals surface area (Å²) in [5.74, 6) is 0.536. The van der Waals surface area contributed by atoms with Crippen molar-refractivity contribution in [1.29, 1.82) is 0 Å². The summed E-state index contributed by atoms with van der Waals surface area (Å²) in [6.45, 7) is 3.93. The predicted molar refractivity (Wildman–Crippen MR) is 111 cm³/mol. The van der Waals surface area contributed by atoms with E-state index in [0.717, 1.165) is 27.9 Å². The maximum Gasteiger partial charge on any atom is 0.253 e. The van der Waals surface area contributed by atoms with Gasteiger partial charge in [-0.25, -0.2) is 9.50 Å². The zero-order chi connectivity index (χ0) is 19.7. The minimum atomic E-state index is -0.0561. The summed E-state index contributed by atoms with van der Waals surface area (Å²) in [5.41, 5.74) is 4.48. The van der Waals surface area contributed by atoms with Crippen molar-refractivity contribution in [2.45, 2.75) is 31.8 Å². The lowest BCUT2D eigenvalue weighted by atomic mass is 10.1. The van der Waals surface area contributed by atoms with E-state index < -0.39 is 0 Å². The molecule has 0 unspecified atom stereocenters. The van der Waals surface area contributed by atoms with E-state index in [1.807, 2.05) is 50.4 Å². The van der Waals surface area contributed by atoms with Crippen molar-refractivity contribution in [3.8, 4) is 0 Å². The molecule has 1 N–H and O–H groups in total. The van der Waals surface area contributed by atoms with Gasteiger partial charge in [-0.2, -0.15) is 4.98 Å². The molecule has 0 saturated heterocycles. The molecule has 0 bridgehead atoms. The molecule has 4 aromatic rings. The molecule has 1 aromatic carbocycles. The lowest BCUT2D eigenvalue weighted by molar-refractivity contribution is -0.116. The number of anilines is 1. The van der Waals surface area contributed by atoms with Crippen molar-refractivity contribution in [2.24, 2.45) is 0 Å². The van der Waals surface area contributed by atoms with Crippen LogP contribution in [0.1, 0.15) is 23.4 Å². The number of carbonyl (C=O) groups is 1. The van der Waals surface area contributed by atoms with Crippen molar-refractivity contribution in [3.63, 3.8) is 0 Å². The van der Waals surface area contributed by atoms with Crippen molar-refractivity contribution in [1.82, 2.24) is 24.6 Å². The Morgan fingerprint density at radius 2 is 2.04 bits per heavy atom. The molecule has 0 spiro atoms. The molecule has 8 heteroatoms. The van der Waals surface area contributed by atoms with E-state index >= 15 is 0 Å². The van der Waals surface area contributed by atoms with E-state index in [1.165, 1.54) is 11.8 Å². The Labute approximate surface area is 166 Å². The summed E-state index contributed by atoms with van der Waals surface area (Å²) in [4.78, 5) is 25.8. The quantitative estimate of drug-likeness (QED) is 0.523. The fourth-order valence-electron chi connectivity index (χ4n) is 3.24. The van der Waals surface area contributed by atoms with Crippen LogP contribution >= 0.6 is 11.8 Å². The number of thioether (sulfide) groups is 1. The van der Waals surface area contributed by atoms with Crippen LogP contribution in [0.25, 0.3) is 16.7 Å². The zero-order valence-electron chi connectivity index (χ0n) is 15.9. The van der Waals surface area contributed by atoms with E-state index in [0.29, 0.717) is 29.5 Å². The molecule has 4 rings (SSSR count). The van der Waals surface area contributed by atoms with Gasteiger partial charge in [0.1, 0.15) is 0 Å². The molecule has 0 saturated carbocycles. The first-order valence-electron chi connectivity index (χ1n) is 8.96. The Kier molecular flexibility index (Phi) is 4.95. The number of fused-ring (bicyclic) bond motifs is 2. The number of benzene rings is 1. The van der Waals surface area contributed by atoms with Crippen LogP contribution in [0.15, 0.2) is 41.7 Å². The van der Waals surface area contributed by atoms with Crippen molar-refractivity contribution >= 4 is 40.0 Å². The smallest absolute Gasteiger partial charge is 0.253 e. The molecule has 142 valence electrons. The van der Waals surface area contributed by atoms with Crippen LogP contribution in [0.3, 0.4) is 0 Å². The van der Waals surface area contributed by atoms with E-state index in [-0.39, 0.29) is 5.91 Å². The lowest BCUT2D eigenvalue weighted by Gasteiger charge is -2.10. The monoisotopic (exact) mass is 392 g/mol. The first-order chi connectivity index (χ1) is 13.5. The minimum absolute atomic E-state index is 0.0561. The van der Waals surface area contributed by atoms with Gasteiger partial charge in [0.15, 0.2) is 0 Å². The molecule has 3 heterocycles. The van der Waals surface area contributed by atoms with Crippen molar-refractivity contribution in [3.05, 3.63) is 53.5 Å². The van der Waals surface area contributed by atoms with E-state index in [1.54, 1.807) is 10.7 Å². The second kappa shape index (κ2) is 7.55. The molecular weight excluding hydrogens is 372 g/mol. The number of aromatic nitrogens is 5. The van der Waals surface area contributed by atoms with Crippen LogP contribution in [0.2, 0.25) is 0 Å². The lowest BCUT2D eigenvalue weighted by Crippen LogP contribution is -2.14. The number of amides is 1. The molecule has 0 aliphatic rings. The Bertz CT molecular complexity index is 1190. The Hall–Kier alpha value is -3.00. The summed E-state index contributed by atoms with van der Waals surface area (Å²) < 4.78 is 1.75. The van der Waals surface area contributed by atoms with E-state index in [4.69, 9.17) is 0 Å². The van der Waals surface area contributed by atoms with Crippen molar-refractivity contribution < 1.29 is 4.79 Å². The summed E-state index contributed by atoms with van der Waals surface area (Å²) in [6.07, 6.45) is 4.56. The molecule has 0 aliphatic heterocycles. The number of nitrogens with one attached hydrogen (secondary N) is 1. The van der Waals surface area contributed by atoms with Crippen LogP contribution in [0, 0.1) is 13.8 Å². The van der Waals surface area contributed by atoms with E-state index in [9.17, 15) is 4.79 Å². The standard InChI is InChI=1S/C20H20N6OS/c1-12-16(13(2)26-19(22-12)24-20(25-26)28-3)8-9-18(27)23-15-10-14-6-4-5-7-17(14)21-11-15/h4-7,10-11H,8-9H2,1-3H3,(H,23,27). The second-order valence-corrected chi connectivity index (χ2v) is 7.31. The highest BCUT2D eigenvalue weighted by molar-refractivity contribution is 7.98. The van der Waals surface area contributed by atoms with Gasteiger partial charge in [-0.1, -0.05) is 30.0 Å². The van der Waals surface area contributed by atoms with Gasteiger partial charge in [0.05, 0.1) is 17.4 Å². The van der Waals surface area contributed by atoms with Crippen LogP contribution in [0.5, 0.6) is 0 Å². The predicted octanol–water partition coefficient (Wildman–Crippen LogP) is 3.58. The molecule has 0 aliphatic carbocycles. The first kappa shape index (κ1) is 18.4. The molecule has 0 fully saturated rings. The van der Waals surface area contributed by atoms with Gasteiger partial charge >= 0.3 is 0 Å². The third-order valence-corrected chi connectivity index (χ3v) is 5.23. The third-order valence-electron chi connectivity index (χ3n) is 4.69. The fourth-order valence-corrected chi connectivity index (χ4v) is 3.58. The number of hydrogen-bond acceptors (Lipinski definition) is 6. The highest BCUT2D eigenvalue weighted by Crippen LogP contribution is 2.19. The summed E-state index contributed by atoms with van der Waals surface area (Å²) >= 11 is 1.48. The highest BCUT2D eigenvalue weighted by atomic mass is 32.2. The largest absolute Gasteiger partial charge is 0.325 e. The molecule has 0 radical (unpaired) electrons. The maximum absolute atomic E-state index is 12.5. The second-order valence-electron chi connectivity index (χ2n) is 6.54. The van der Waals surface area contributed by atoms with Crippen molar-refractivity contribution in [2.75, 3.05) is 11.6 Å². The van der Waals surface area contributed by atoms with Gasteiger partial charge in [-0.05, 0) is 44.2 Å². The van der Waals surface area contributed by atoms with Crippen LogP contribution in [0.4, 0.5) is 5.69 Å². The molecular formula is C20H20N6OS. The number of rotatable bonds is 5. The highest BCUT2D eigenvalue weighted by Gasteiger charge is 2.14. The number of carbonyl (C=O) groups excluding carboxylic acids is 1. The molecule has 1 amide bonds. The number of pyridine rings is 1. The van der Waals surface area contributed by atoms with Crippen LogP contribution in [-0.4, -0.2) is 36.7 Å². The van der Waals surface area contributed by atoms with E-state index in [2.05, 4.69) is 25.4 Å². The topological polar surface area (TPSA) is 85.1 Å². The number of hydrogen-bond donors (Lipinski definition) is 1. The SMILES string of the molecule is CSc1nc2nc(C)c(CCC(=O)Nc3cnc4ccccc4c3)c(C)n2n1.